The van der Waals surface area contributed by atoms with Crippen LogP contribution in [0.5, 0.6) is 0 Å². The third-order valence-corrected chi connectivity index (χ3v) is 6.22. The van der Waals surface area contributed by atoms with Gasteiger partial charge in [-0.2, -0.15) is 16.4 Å². The number of hydrogen-bond donors (Lipinski definition) is 1. The predicted molar refractivity (Wildman–Crippen MR) is 114 cm³/mol. The van der Waals surface area contributed by atoms with Gasteiger partial charge in [0.2, 0.25) is 0 Å². The number of halogens is 2. The van der Waals surface area contributed by atoms with Gasteiger partial charge in [-0.1, -0.05) is 11.6 Å². The summed E-state index contributed by atoms with van der Waals surface area (Å²) < 4.78 is 14.6. The van der Waals surface area contributed by atoms with Gasteiger partial charge in [-0.3, -0.25) is 9.59 Å². The number of amides is 2. The van der Waals surface area contributed by atoms with Crippen LogP contribution in [0, 0.1) is 12.7 Å². The van der Waals surface area contributed by atoms with E-state index < -0.39 is 0 Å². The van der Waals surface area contributed by atoms with Crippen molar-refractivity contribution in [1.29, 1.82) is 0 Å². The van der Waals surface area contributed by atoms with Gasteiger partial charge < -0.3 is 10.2 Å². The number of carbonyl (C=O) groups is 2. The van der Waals surface area contributed by atoms with Gasteiger partial charge in [-0.05, 0) is 55.5 Å². The summed E-state index contributed by atoms with van der Waals surface area (Å²) in [4.78, 5) is 27.1. The Hall–Kier alpha value is -2.71. The lowest BCUT2D eigenvalue weighted by molar-refractivity contribution is 0.0697. The van der Waals surface area contributed by atoms with E-state index in [1.165, 1.54) is 28.2 Å². The highest BCUT2D eigenvalue weighted by Crippen LogP contribution is 2.26. The second-order valence-corrected chi connectivity index (χ2v) is 8.33. The number of aryl methyl sites for hydroxylation is 1. The van der Waals surface area contributed by atoms with E-state index in [0.717, 1.165) is 0 Å². The second-order valence-electron chi connectivity index (χ2n) is 7.19. The molecule has 30 heavy (non-hydrogen) atoms. The number of nitrogens with one attached hydrogen (secondary N) is 1. The molecule has 0 spiro atoms. The van der Waals surface area contributed by atoms with E-state index in [9.17, 15) is 14.0 Å². The first kappa shape index (κ1) is 20.6. The number of piperidine rings is 1. The molecule has 1 aliphatic rings. The lowest BCUT2D eigenvalue weighted by Gasteiger charge is -2.32. The topological polar surface area (TPSA) is 67.2 Å². The van der Waals surface area contributed by atoms with Crippen LogP contribution in [0.2, 0.25) is 5.15 Å². The normalized spacial score (nSPS) is 14.7. The van der Waals surface area contributed by atoms with Crippen molar-refractivity contribution in [3.8, 4) is 5.69 Å². The third-order valence-electron chi connectivity index (χ3n) is 5.19. The number of hydrogen-bond acceptors (Lipinski definition) is 4. The average Bonchev–Trinajstić information content (AvgIpc) is 3.37. The molecule has 0 radical (unpaired) electrons. The highest BCUT2D eigenvalue weighted by Gasteiger charge is 2.29. The maximum absolute atomic E-state index is 13.2. The van der Waals surface area contributed by atoms with Gasteiger partial charge in [0.25, 0.3) is 11.8 Å². The van der Waals surface area contributed by atoms with E-state index in [1.807, 2.05) is 10.8 Å². The molecule has 2 amide bonds. The molecular formula is C21H20ClFN4O2S. The summed E-state index contributed by atoms with van der Waals surface area (Å²) in [6, 6.07) is 7.58. The Kier molecular flexibility index (Phi) is 5.87. The molecule has 9 heteroatoms. The van der Waals surface area contributed by atoms with Crippen molar-refractivity contribution >= 4 is 34.8 Å². The Morgan fingerprint density at radius 1 is 1.20 bits per heavy atom. The third kappa shape index (κ3) is 4.11. The first-order valence-corrected chi connectivity index (χ1v) is 10.9. The fourth-order valence-electron chi connectivity index (χ4n) is 3.54. The van der Waals surface area contributed by atoms with E-state index in [1.54, 1.807) is 30.0 Å². The van der Waals surface area contributed by atoms with Crippen molar-refractivity contribution in [2.75, 3.05) is 13.1 Å². The summed E-state index contributed by atoms with van der Waals surface area (Å²) in [5.41, 5.74) is 2.11. The van der Waals surface area contributed by atoms with Crippen molar-refractivity contribution in [3.63, 3.8) is 0 Å². The van der Waals surface area contributed by atoms with Gasteiger partial charge in [0.15, 0.2) is 0 Å². The summed E-state index contributed by atoms with van der Waals surface area (Å²) >= 11 is 7.96. The molecule has 0 unspecified atom stereocenters. The summed E-state index contributed by atoms with van der Waals surface area (Å²) in [7, 11) is 0. The van der Waals surface area contributed by atoms with Gasteiger partial charge in [-0.15, -0.1) is 0 Å². The van der Waals surface area contributed by atoms with Crippen LogP contribution in [-0.2, 0) is 0 Å². The quantitative estimate of drug-likeness (QED) is 0.657. The molecule has 6 nitrogen and oxygen atoms in total. The van der Waals surface area contributed by atoms with E-state index in [0.29, 0.717) is 48.4 Å². The molecule has 0 atom stereocenters. The van der Waals surface area contributed by atoms with Crippen LogP contribution in [-0.4, -0.2) is 45.6 Å². The highest BCUT2D eigenvalue weighted by atomic mass is 35.5. The van der Waals surface area contributed by atoms with Crippen molar-refractivity contribution in [3.05, 3.63) is 68.9 Å². The Balaban J connectivity index is 1.43. The lowest BCUT2D eigenvalue weighted by Crippen LogP contribution is -2.46. The summed E-state index contributed by atoms with van der Waals surface area (Å²) in [6.45, 7) is 2.77. The van der Waals surface area contributed by atoms with Crippen LogP contribution in [0.4, 0.5) is 4.39 Å². The number of rotatable bonds is 4. The SMILES string of the molecule is Cc1nn(-c2ccc(F)cc2)c(Cl)c1C(=O)N1CCC(NC(=O)c2ccsc2)CC1. The van der Waals surface area contributed by atoms with E-state index in [-0.39, 0.29) is 28.8 Å². The van der Waals surface area contributed by atoms with Crippen LogP contribution in [0.3, 0.4) is 0 Å². The number of carbonyl (C=O) groups excluding carboxylic acids is 2. The molecule has 2 aromatic heterocycles. The lowest BCUT2D eigenvalue weighted by atomic mass is 10.0. The number of thiophene rings is 1. The molecular weight excluding hydrogens is 427 g/mol. The second kappa shape index (κ2) is 8.57. The fourth-order valence-corrected chi connectivity index (χ4v) is 4.53. The maximum Gasteiger partial charge on any atom is 0.258 e. The minimum absolute atomic E-state index is 0.0277. The molecule has 3 heterocycles. The molecule has 0 aliphatic carbocycles. The van der Waals surface area contributed by atoms with E-state index in [2.05, 4.69) is 10.4 Å². The van der Waals surface area contributed by atoms with Crippen LogP contribution in [0.1, 0.15) is 39.3 Å². The first-order valence-electron chi connectivity index (χ1n) is 9.57. The smallest absolute Gasteiger partial charge is 0.258 e. The van der Waals surface area contributed by atoms with Gasteiger partial charge >= 0.3 is 0 Å². The zero-order chi connectivity index (χ0) is 21.3. The van der Waals surface area contributed by atoms with Crippen molar-refractivity contribution in [2.45, 2.75) is 25.8 Å². The van der Waals surface area contributed by atoms with Crippen molar-refractivity contribution < 1.29 is 14.0 Å². The summed E-state index contributed by atoms with van der Waals surface area (Å²) in [5.74, 6) is -0.627. The molecule has 0 bridgehead atoms. The average molecular weight is 447 g/mol. The number of aromatic nitrogens is 2. The van der Waals surface area contributed by atoms with Crippen LogP contribution >= 0.6 is 22.9 Å². The molecule has 4 rings (SSSR count). The summed E-state index contributed by atoms with van der Waals surface area (Å²) in [6.07, 6.45) is 1.34. The van der Waals surface area contributed by atoms with Gasteiger partial charge in [0, 0.05) is 30.1 Å². The van der Waals surface area contributed by atoms with Crippen molar-refractivity contribution in [2.24, 2.45) is 0 Å². The van der Waals surface area contributed by atoms with Gasteiger partial charge in [0.1, 0.15) is 11.0 Å². The Bertz CT molecular complexity index is 1060. The van der Waals surface area contributed by atoms with Gasteiger partial charge in [-0.25, -0.2) is 9.07 Å². The zero-order valence-corrected chi connectivity index (χ0v) is 17.8. The number of benzene rings is 1. The largest absolute Gasteiger partial charge is 0.349 e. The molecule has 0 saturated carbocycles. The predicted octanol–water partition coefficient (Wildman–Crippen LogP) is 4.07. The standard InChI is InChI=1S/C21H20ClFN4O2S/c1-13-18(19(22)27(25-13)17-4-2-15(23)3-5-17)21(29)26-9-6-16(7-10-26)24-20(28)14-8-11-30-12-14/h2-5,8,11-12,16H,6-7,9-10H2,1H3,(H,24,28). The monoisotopic (exact) mass is 446 g/mol. The molecule has 1 aromatic carbocycles. The molecule has 1 N–H and O–H groups in total. The van der Waals surface area contributed by atoms with Crippen LogP contribution in [0.25, 0.3) is 5.69 Å². The number of likely N-dealkylation sites (tertiary alicyclic amines) is 1. The minimum atomic E-state index is -0.357. The molecule has 156 valence electrons. The number of nitrogens with zero attached hydrogens (tertiary/aromatic N) is 3. The molecule has 1 fully saturated rings. The Morgan fingerprint density at radius 3 is 2.53 bits per heavy atom. The first-order chi connectivity index (χ1) is 14.4. The van der Waals surface area contributed by atoms with Crippen LogP contribution in [0.15, 0.2) is 41.1 Å². The maximum atomic E-state index is 13.2. The van der Waals surface area contributed by atoms with E-state index in [4.69, 9.17) is 11.6 Å². The van der Waals surface area contributed by atoms with Gasteiger partial charge in [0.05, 0.1) is 16.9 Å². The van der Waals surface area contributed by atoms with Crippen LogP contribution < -0.4 is 5.32 Å². The molecule has 1 saturated heterocycles. The summed E-state index contributed by atoms with van der Waals surface area (Å²) in [5, 5.41) is 11.3. The van der Waals surface area contributed by atoms with Crippen molar-refractivity contribution in [1.82, 2.24) is 20.0 Å². The molecule has 3 aromatic rings. The minimum Gasteiger partial charge on any atom is -0.349 e. The Labute approximate surface area is 182 Å². The Morgan fingerprint density at radius 2 is 1.90 bits per heavy atom. The zero-order valence-electron chi connectivity index (χ0n) is 16.3. The fraction of sp³-hybridized carbons (Fsp3) is 0.286. The molecule has 1 aliphatic heterocycles. The highest BCUT2D eigenvalue weighted by molar-refractivity contribution is 7.08. The van der Waals surface area contributed by atoms with E-state index >= 15 is 0 Å².